The van der Waals surface area contributed by atoms with Gasteiger partial charge in [-0.1, -0.05) is 13.8 Å². The summed E-state index contributed by atoms with van der Waals surface area (Å²) < 4.78 is 0. The number of amides is 2. The highest BCUT2D eigenvalue weighted by molar-refractivity contribution is 5.74. The summed E-state index contributed by atoms with van der Waals surface area (Å²) in [6.45, 7) is 10.9. The van der Waals surface area contributed by atoms with Gasteiger partial charge >= 0.3 is 6.03 Å². The molecule has 0 spiro atoms. The van der Waals surface area contributed by atoms with Crippen molar-refractivity contribution in [2.45, 2.75) is 52.1 Å². The van der Waals surface area contributed by atoms with Crippen LogP contribution in [0.2, 0.25) is 0 Å². The number of nitrogens with one attached hydrogen (secondary N) is 2. The summed E-state index contributed by atoms with van der Waals surface area (Å²) in [6, 6.07) is 0.143. The lowest BCUT2D eigenvalue weighted by molar-refractivity contribution is 0.153. The van der Waals surface area contributed by atoms with Crippen LogP contribution in [0.4, 0.5) is 4.79 Å². The molecule has 1 aliphatic rings. The maximum atomic E-state index is 11.9. The Morgan fingerprint density at radius 3 is 2.42 bits per heavy atom. The first kappa shape index (κ1) is 16.2. The number of rotatable bonds is 8. The zero-order valence-corrected chi connectivity index (χ0v) is 12.7. The highest BCUT2D eigenvalue weighted by Gasteiger charge is 2.42. The van der Waals surface area contributed by atoms with Gasteiger partial charge in [0.15, 0.2) is 0 Å². The first-order chi connectivity index (χ1) is 8.96. The number of hydrogen-bond acceptors (Lipinski definition) is 3. The molecule has 2 unspecified atom stereocenters. The number of nitrogens with zero attached hydrogens (tertiary/aromatic N) is 1. The Morgan fingerprint density at radius 1 is 1.42 bits per heavy atom. The molecule has 0 bridgehead atoms. The SMILES string of the molecule is CCN(CC)C(C)CNC(=O)NC(C)(CO)C1CC1. The molecule has 2 atom stereocenters. The summed E-state index contributed by atoms with van der Waals surface area (Å²) in [6.07, 6.45) is 2.18. The van der Waals surface area contributed by atoms with E-state index in [4.69, 9.17) is 0 Å². The Labute approximate surface area is 116 Å². The summed E-state index contributed by atoms with van der Waals surface area (Å²) in [5.41, 5.74) is -0.470. The van der Waals surface area contributed by atoms with E-state index in [2.05, 4.69) is 36.3 Å². The second kappa shape index (κ2) is 7.10. The number of aliphatic hydroxyl groups is 1. The maximum Gasteiger partial charge on any atom is 0.315 e. The fraction of sp³-hybridized carbons (Fsp3) is 0.929. The van der Waals surface area contributed by atoms with E-state index < -0.39 is 5.54 Å². The van der Waals surface area contributed by atoms with Crippen LogP contribution in [-0.4, -0.2) is 53.9 Å². The average molecular weight is 271 g/mol. The van der Waals surface area contributed by atoms with E-state index >= 15 is 0 Å². The van der Waals surface area contributed by atoms with Crippen LogP contribution >= 0.6 is 0 Å². The molecule has 5 nitrogen and oxygen atoms in total. The van der Waals surface area contributed by atoms with E-state index in [9.17, 15) is 9.90 Å². The number of likely N-dealkylation sites (N-methyl/N-ethyl adjacent to an activating group) is 1. The fourth-order valence-corrected chi connectivity index (χ4v) is 2.51. The highest BCUT2D eigenvalue weighted by Crippen LogP contribution is 2.39. The molecular weight excluding hydrogens is 242 g/mol. The zero-order valence-electron chi connectivity index (χ0n) is 12.7. The van der Waals surface area contributed by atoms with Crippen molar-refractivity contribution in [3.05, 3.63) is 0 Å². The van der Waals surface area contributed by atoms with E-state index in [1.165, 1.54) is 0 Å². The molecule has 0 aromatic heterocycles. The van der Waals surface area contributed by atoms with E-state index in [1.807, 2.05) is 6.92 Å². The van der Waals surface area contributed by atoms with Gasteiger partial charge in [0, 0.05) is 12.6 Å². The van der Waals surface area contributed by atoms with Gasteiger partial charge in [-0.2, -0.15) is 0 Å². The quantitative estimate of drug-likeness (QED) is 0.621. The standard InChI is InChI=1S/C14H29N3O2/c1-5-17(6-2)11(3)9-15-13(19)16-14(4,10-18)12-7-8-12/h11-12,18H,5-10H2,1-4H3,(H2,15,16,19). The third-order valence-corrected chi connectivity index (χ3v) is 4.20. The lowest BCUT2D eigenvalue weighted by Crippen LogP contribution is -2.55. The number of urea groups is 1. The van der Waals surface area contributed by atoms with Crippen LogP contribution in [0.15, 0.2) is 0 Å². The third-order valence-electron chi connectivity index (χ3n) is 4.20. The van der Waals surface area contributed by atoms with Crippen LogP contribution in [0, 0.1) is 5.92 Å². The summed E-state index contributed by atoms with van der Waals surface area (Å²) >= 11 is 0. The summed E-state index contributed by atoms with van der Waals surface area (Å²) in [4.78, 5) is 14.2. The molecule has 0 saturated heterocycles. The van der Waals surface area contributed by atoms with Crippen LogP contribution in [0.5, 0.6) is 0 Å². The monoisotopic (exact) mass is 271 g/mol. The van der Waals surface area contributed by atoms with Crippen LogP contribution in [0.25, 0.3) is 0 Å². The largest absolute Gasteiger partial charge is 0.394 e. The maximum absolute atomic E-state index is 11.9. The van der Waals surface area contributed by atoms with E-state index in [0.717, 1.165) is 25.9 Å². The molecular formula is C14H29N3O2. The van der Waals surface area contributed by atoms with E-state index in [1.54, 1.807) is 0 Å². The fourth-order valence-electron chi connectivity index (χ4n) is 2.51. The minimum atomic E-state index is -0.470. The molecule has 0 aliphatic heterocycles. The van der Waals surface area contributed by atoms with Crippen molar-refractivity contribution in [3.8, 4) is 0 Å². The number of hydrogen-bond donors (Lipinski definition) is 3. The van der Waals surface area contributed by atoms with E-state index in [0.29, 0.717) is 18.5 Å². The predicted octanol–water partition coefficient (Wildman–Crippen LogP) is 1.18. The minimum Gasteiger partial charge on any atom is -0.394 e. The van der Waals surface area contributed by atoms with Gasteiger partial charge in [-0.05, 0) is 45.7 Å². The van der Waals surface area contributed by atoms with Gasteiger partial charge in [0.1, 0.15) is 0 Å². The minimum absolute atomic E-state index is 0.00329. The molecule has 1 aliphatic carbocycles. The van der Waals surface area contributed by atoms with Crippen LogP contribution < -0.4 is 10.6 Å². The van der Waals surface area contributed by atoms with Crippen LogP contribution in [-0.2, 0) is 0 Å². The first-order valence-electron chi connectivity index (χ1n) is 7.37. The van der Waals surface area contributed by atoms with Crippen molar-refractivity contribution in [1.82, 2.24) is 15.5 Å². The van der Waals surface area contributed by atoms with Crippen LogP contribution in [0.1, 0.15) is 40.5 Å². The van der Waals surface area contributed by atoms with Gasteiger partial charge in [0.25, 0.3) is 0 Å². The lowest BCUT2D eigenvalue weighted by Gasteiger charge is -2.30. The summed E-state index contributed by atoms with van der Waals surface area (Å²) in [5.74, 6) is 0.420. The smallest absolute Gasteiger partial charge is 0.315 e. The molecule has 1 saturated carbocycles. The van der Waals surface area contributed by atoms with Crippen LogP contribution in [0.3, 0.4) is 0 Å². The van der Waals surface area contributed by atoms with Crippen molar-refractivity contribution in [2.24, 2.45) is 5.92 Å². The molecule has 1 fully saturated rings. The molecule has 0 heterocycles. The Hall–Kier alpha value is -0.810. The van der Waals surface area contributed by atoms with Gasteiger partial charge in [-0.25, -0.2) is 4.79 Å². The van der Waals surface area contributed by atoms with Gasteiger partial charge in [-0.3, -0.25) is 4.90 Å². The zero-order chi connectivity index (χ0) is 14.5. The molecule has 3 N–H and O–H groups in total. The second-order valence-electron chi connectivity index (χ2n) is 5.76. The summed E-state index contributed by atoms with van der Waals surface area (Å²) in [7, 11) is 0. The Bertz CT molecular complexity index is 290. The molecule has 0 radical (unpaired) electrons. The second-order valence-corrected chi connectivity index (χ2v) is 5.76. The molecule has 5 heteroatoms. The van der Waals surface area contributed by atoms with Gasteiger partial charge < -0.3 is 15.7 Å². The molecule has 19 heavy (non-hydrogen) atoms. The van der Waals surface area contributed by atoms with E-state index in [-0.39, 0.29) is 12.6 Å². The van der Waals surface area contributed by atoms with Crippen molar-refractivity contribution < 1.29 is 9.90 Å². The predicted molar refractivity (Wildman–Crippen MR) is 77.1 cm³/mol. The van der Waals surface area contributed by atoms with Gasteiger partial charge in [-0.15, -0.1) is 0 Å². The van der Waals surface area contributed by atoms with Crippen molar-refractivity contribution in [3.63, 3.8) is 0 Å². The Morgan fingerprint density at radius 2 is 2.00 bits per heavy atom. The molecule has 1 rings (SSSR count). The normalized spacial score (nSPS) is 19.9. The Kier molecular flexibility index (Phi) is 6.07. The number of aliphatic hydroxyl groups excluding tert-OH is 1. The molecule has 2 amide bonds. The van der Waals surface area contributed by atoms with Gasteiger partial charge in [0.05, 0.1) is 12.1 Å². The van der Waals surface area contributed by atoms with Crippen molar-refractivity contribution in [1.29, 1.82) is 0 Å². The third kappa shape index (κ3) is 4.66. The lowest BCUT2D eigenvalue weighted by atomic mass is 9.97. The number of carbonyl (C=O) groups excluding carboxylic acids is 1. The molecule has 0 aromatic rings. The molecule has 0 aromatic carbocycles. The highest BCUT2D eigenvalue weighted by atomic mass is 16.3. The molecule has 112 valence electrons. The van der Waals surface area contributed by atoms with Crippen molar-refractivity contribution >= 4 is 6.03 Å². The topological polar surface area (TPSA) is 64.6 Å². The van der Waals surface area contributed by atoms with Gasteiger partial charge in [0.2, 0.25) is 0 Å². The Balaban J connectivity index is 2.34. The summed E-state index contributed by atoms with van der Waals surface area (Å²) in [5, 5.41) is 15.3. The van der Waals surface area contributed by atoms with Crippen molar-refractivity contribution in [2.75, 3.05) is 26.2 Å². The number of carbonyl (C=O) groups is 1. The average Bonchev–Trinajstić information content (AvgIpc) is 3.22. The first-order valence-corrected chi connectivity index (χ1v) is 7.37.